The third kappa shape index (κ3) is 3.93. The maximum Gasteiger partial charge on any atom is 0.407 e. The van der Waals surface area contributed by atoms with E-state index in [0.29, 0.717) is 0 Å². The van der Waals surface area contributed by atoms with Crippen LogP contribution in [0.25, 0.3) is 0 Å². The first-order valence-electron chi connectivity index (χ1n) is 4.08. The first-order chi connectivity index (χ1) is 6.44. The Morgan fingerprint density at radius 1 is 1.50 bits per heavy atom. The number of hydrogen-bond donors (Lipinski definition) is 1. The molecule has 0 unspecified atom stereocenters. The van der Waals surface area contributed by atoms with Gasteiger partial charge in [-0.15, -0.1) is 0 Å². The van der Waals surface area contributed by atoms with Gasteiger partial charge in [0.25, 0.3) is 0 Å². The van der Waals surface area contributed by atoms with Crippen molar-refractivity contribution in [1.82, 2.24) is 5.32 Å². The largest absolute Gasteiger partial charge is 0.460 e. The predicted octanol–water partition coefficient (Wildman–Crippen LogP) is 0.850. The first kappa shape index (κ1) is 12.5. The molecule has 0 heterocycles. The van der Waals surface area contributed by atoms with Crippen molar-refractivity contribution in [1.29, 1.82) is 0 Å². The molecule has 0 saturated carbocycles. The van der Waals surface area contributed by atoms with Crippen LogP contribution in [0.2, 0.25) is 0 Å². The van der Waals surface area contributed by atoms with E-state index in [0.717, 1.165) is 0 Å². The van der Waals surface area contributed by atoms with Gasteiger partial charge in [-0.1, -0.05) is 12.7 Å². The molecule has 0 aromatic carbocycles. The van der Waals surface area contributed by atoms with Crippen LogP contribution in [-0.4, -0.2) is 31.3 Å². The summed E-state index contributed by atoms with van der Waals surface area (Å²) in [5.74, 6) is -0.539. The number of esters is 1. The van der Waals surface area contributed by atoms with E-state index >= 15 is 0 Å². The number of hydrogen-bond acceptors (Lipinski definition) is 4. The van der Waals surface area contributed by atoms with Crippen LogP contribution >= 0.6 is 0 Å². The lowest BCUT2D eigenvalue weighted by molar-refractivity contribution is -0.148. The third-order valence-electron chi connectivity index (χ3n) is 1.44. The molecule has 0 fully saturated rings. The molecule has 0 aromatic rings. The Hall–Kier alpha value is -1.52. The Balaban J connectivity index is 4.22. The van der Waals surface area contributed by atoms with Crippen LogP contribution in [0.5, 0.6) is 0 Å². The summed E-state index contributed by atoms with van der Waals surface area (Å²) in [4.78, 5) is 22.2. The van der Waals surface area contributed by atoms with Crippen molar-refractivity contribution in [2.45, 2.75) is 19.4 Å². The van der Waals surface area contributed by atoms with Gasteiger partial charge in [0, 0.05) is 0 Å². The summed E-state index contributed by atoms with van der Waals surface area (Å²) < 4.78 is 9.14. The van der Waals surface area contributed by atoms with E-state index in [1.165, 1.54) is 27.0 Å². The van der Waals surface area contributed by atoms with Crippen molar-refractivity contribution in [3.8, 4) is 0 Å². The SMILES string of the molecule is C=CCOC(=O)C(C)(C)NC(=O)OC. The smallest absolute Gasteiger partial charge is 0.407 e. The quantitative estimate of drug-likeness (QED) is 0.541. The van der Waals surface area contributed by atoms with Crippen molar-refractivity contribution in [2.75, 3.05) is 13.7 Å². The molecule has 0 aliphatic heterocycles. The molecule has 0 bridgehead atoms. The molecule has 0 radical (unpaired) electrons. The molecule has 0 saturated heterocycles. The van der Waals surface area contributed by atoms with Crippen molar-refractivity contribution in [3.63, 3.8) is 0 Å². The highest BCUT2D eigenvalue weighted by atomic mass is 16.5. The second-order valence-electron chi connectivity index (χ2n) is 3.13. The summed E-state index contributed by atoms with van der Waals surface area (Å²) in [5.41, 5.74) is -1.10. The first-order valence-corrected chi connectivity index (χ1v) is 4.08. The van der Waals surface area contributed by atoms with Gasteiger partial charge in [-0.2, -0.15) is 0 Å². The minimum Gasteiger partial charge on any atom is -0.460 e. The van der Waals surface area contributed by atoms with E-state index in [9.17, 15) is 9.59 Å². The number of amides is 1. The monoisotopic (exact) mass is 201 g/mol. The van der Waals surface area contributed by atoms with Crippen LogP contribution in [0.3, 0.4) is 0 Å². The van der Waals surface area contributed by atoms with Gasteiger partial charge >= 0.3 is 12.1 Å². The number of carbonyl (C=O) groups is 2. The molecule has 5 nitrogen and oxygen atoms in total. The zero-order valence-corrected chi connectivity index (χ0v) is 8.62. The normalized spacial score (nSPS) is 10.2. The standard InChI is InChI=1S/C9H15NO4/c1-5-6-14-7(11)9(2,3)10-8(12)13-4/h5H,1,6H2,2-4H3,(H,10,12). The van der Waals surface area contributed by atoms with E-state index in [1.54, 1.807) is 0 Å². The van der Waals surface area contributed by atoms with Crippen molar-refractivity contribution >= 4 is 12.1 Å². The molecule has 0 rings (SSSR count). The fourth-order valence-corrected chi connectivity index (χ4v) is 0.672. The number of carbonyl (C=O) groups excluding carboxylic acids is 2. The second kappa shape index (κ2) is 5.26. The lowest BCUT2D eigenvalue weighted by atomic mass is 10.1. The van der Waals surface area contributed by atoms with Gasteiger partial charge in [0.15, 0.2) is 0 Å². The highest BCUT2D eigenvalue weighted by Gasteiger charge is 2.31. The van der Waals surface area contributed by atoms with Gasteiger partial charge in [0.2, 0.25) is 0 Å². The maximum atomic E-state index is 11.3. The molecule has 1 N–H and O–H groups in total. The van der Waals surface area contributed by atoms with Crippen molar-refractivity contribution in [2.24, 2.45) is 0 Å². The van der Waals surface area contributed by atoms with E-state index in [4.69, 9.17) is 4.74 Å². The highest BCUT2D eigenvalue weighted by molar-refractivity contribution is 5.84. The summed E-state index contributed by atoms with van der Waals surface area (Å²) in [6.07, 6.45) is 0.775. The van der Waals surface area contributed by atoms with Crippen LogP contribution < -0.4 is 5.32 Å². The van der Waals surface area contributed by atoms with Gasteiger partial charge in [-0.25, -0.2) is 9.59 Å². The summed E-state index contributed by atoms with van der Waals surface area (Å²) in [7, 11) is 1.22. The zero-order chi connectivity index (χ0) is 11.2. The summed E-state index contributed by atoms with van der Waals surface area (Å²) >= 11 is 0. The molecular weight excluding hydrogens is 186 g/mol. The van der Waals surface area contributed by atoms with Gasteiger partial charge in [0.05, 0.1) is 7.11 Å². The predicted molar refractivity (Wildman–Crippen MR) is 50.8 cm³/mol. The molecule has 0 aliphatic rings. The third-order valence-corrected chi connectivity index (χ3v) is 1.44. The number of rotatable bonds is 4. The average molecular weight is 201 g/mol. The van der Waals surface area contributed by atoms with Crippen molar-refractivity contribution < 1.29 is 19.1 Å². The fraction of sp³-hybridized carbons (Fsp3) is 0.556. The maximum absolute atomic E-state index is 11.3. The Morgan fingerprint density at radius 3 is 2.50 bits per heavy atom. The van der Waals surface area contributed by atoms with Gasteiger partial charge in [0.1, 0.15) is 12.1 Å². The average Bonchev–Trinajstić information content (AvgIpc) is 2.13. The molecule has 5 heteroatoms. The second-order valence-corrected chi connectivity index (χ2v) is 3.13. The zero-order valence-electron chi connectivity index (χ0n) is 8.62. The lowest BCUT2D eigenvalue weighted by Crippen LogP contribution is -2.50. The van der Waals surface area contributed by atoms with Gasteiger partial charge < -0.3 is 14.8 Å². The Morgan fingerprint density at radius 2 is 2.07 bits per heavy atom. The molecule has 0 aromatic heterocycles. The van der Waals surface area contributed by atoms with E-state index in [1.807, 2.05) is 0 Å². The molecular formula is C9H15NO4. The highest BCUT2D eigenvalue weighted by Crippen LogP contribution is 2.05. The van der Waals surface area contributed by atoms with Crippen LogP contribution in [0.1, 0.15) is 13.8 Å². The van der Waals surface area contributed by atoms with E-state index in [-0.39, 0.29) is 6.61 Å². The number of ether oxygens (including phenoxy) is 2. The Kier molecular flexibility index (Phi) is 4.69. The molecule has 80 valence electrons. The summed E-state index contributed by atoms with van der Waals surface area (Å²) in [6, 6.07) is 0. The lowest BCUT2D eigenvalue weighted by Gasteiger charge is -2.22. The molecule has 14 heavy (non-hydrogen) atoms. The Bertz CT molecular complexity index is 235. The topological polar surface area (TPSA) is 64.6 Å². The van der Waals surface area contributed by atoms with E-state index < -0.39 is 17.6 Å². The molecule has 0 aliphatic carbocycles. The molecule has 0 atom stereocenters. The number of nitrogens with one attached hydrogen (secondary N) is 1. The summed E-state index contributed by atoms with van der Waals surface area (Å²) in [5, 5.41) is 2.34. The fourth-order valence-electron chi connectivity index (χ4n) is 0.672. The van der Waals surface area contributed by atoms with Crippen LogP contribution in [0.15, 0.2) is 12.7 Å². The molecule has 1 amide bonds. The van der Waals surface area contributed by atoms with Crippen LogP contribution in [0, 0.1) is 0 Å². The minimum atomic E-state index is -1.10. The number of methoxy groups -OCH3 is 1. The van der Waals surface area contributed by atoms with E-state index in [2.05, 4.69) is 16.6 Å². The number of alkyl carbamates (subject to hydrolysis) is 1. The van der Waals surface area contributed by atoms with Crippen molar-refractivity contribution in [3.05, 3.63) is 12.7 Å². The van der Waals surface area contributed by atoms with Crippen LogP contribution in [0.4, 0.5) is 4.79 Å². The summed E-state index contributed by atoms with van der Waals surface area (Å²) in [6.45, 7) is 6.57. The Labute approximate surface area is 83.1 Å². The minimum absolute atomic E-state index is 0.116. The van der Waals surface area contributed by atoms with Gasteiger partial charge in [-0.05, 0) is 13.8 Å². The van der Waals surface area contributed by atoms with Crippen LogP contribution in [-0.2, 0) is 14.3 Å². The molecule has 0 spiro atoms. The van der Waals surface area contributed by atoms with Gasteiger partial charge in [-0.3, -0.25) is 0 Å².